The monoisotopic (exact) mass is 458 g/mol. The molecule has 0 radical (unpaired) electrons. The van der Waals surface area contributed by atoms with Crippen molar-refractivity contribution in [3.05, 3.63) is 64.9 Å². The van der Waals surface area contributed by atoms with Crippen LogP contribution in [0.15, 0.2) is 53.7 Å². The maximum atomic E-state index is 12.5. The number of benzene rings is 2. The summed E-state index contributed by atoms with van der Waals surface area (Å²) in [5, 5.41) is 12.4. The minimum Gasteiger partial charge on any atom is -0.497 e. The predicted octanol–water partition coefficient (Wildman–Crippen LogP) is 4.51. The summed E-state index contributed by atoms with van der Waals surface area (Å²) in [5.74, 6) is 1.51. The molecule has 0 fully saturated rings. The second-order valence-electron chi connectivity index (χ2n) is 6.61. The third-order valence-electron chi connectivity index (χ3n) is 4.58. The summed E-state index contributed by atoms with van der Waals surface area (Å²) >= 11 is 7.41. The average Bonchev–Trinajstić information content (AvgIpc) is 3.19. The van der Waals surface area contributed by atoms with Gasteiger partial charge in [0.05, 0.1) is 23.6 Å². The Bertz CT molecular complexity index is 1050. The number of aryl methyl sites for hydroxylation is 1. The van der Waals surface area contributed by atoms with E-state index >= 15 is 0 Å². The van der Waals surface area contributed by atoms with Crippen LogP contribution in [0, 0.1) is 0 Å². The number of nitrogens with one attached hydrogen (secondary N) is 1. The summed E-state index contributed by atoms with van der Waals surface area (Å²) in [6.07, 6.45) is 0.683. The van der Waals surface area contributed by atoms with Crippen molar-refractivity contribution >= 4 is 40.7 Å². The minimum absolute atomic E-state index is 0.000950. The van der Waals surface area contributed by atoms with Crippen molar-refractivity contribution in [3.8, 4) is 5.75 Å². The molecule has 9 heteroatoms. The van der Waals surface area contributed by atoms with Gasteiger partial charge in [-0.05, 0) is 43.3 Å². The molecule has 0 saturated heterocycles. The first kappa shape index (κ1) is 22.8. The third-order valence-corrected chi connectivity index (χ3v) is 5.87. The fourth-order valence-corrected chi connectivity index (χ4v) is 4.02. The fraction of sp³-hybridized carbons (Fsp3) is 0.273. The number of carbonyl (C=O) groups excluding carboxylic acids is 2. The van der Waals surface area contributed by atoms with Gasteiger partial charge in [0.25, 0.3) is 0 Å². The summed E-state index contributed by atoms with van der Waals surface area (Å²) in [5.41, 5.74) is 1.20. The molecule has 0 aliphatic rings. The molecule has 31 heavy (non-hydrogen) atoms. The van der Waals surface area contributed by atoms with E-state index in [-0.39, 0.29) is 23.9 Å². The summed E-state index contributed by atoms with van der Waals surface area (Å²) in [7, 11) is 1.59. The quantitative estimate of drug-likeness (QED) is 0.355. The highest BCUT2D eigenvalue weighted by atomic mass is 35.5. The van der Waals surface area contributed by atoms with Crippen LogP contribution in [0.2, 0.25) is 5.02 Å². The number of aromatic nitrogens is 3. The molecular weight excluding hydrogens is 436 g/mol. The Hall–Kier alpha value is -2.84. The van der Waals surface area contributed by atoms with Crippen LogP contribution in [0.25, 0.3) is 0 Å². The zero-order valence-corrected chi connectivity index (χ0v) is 18.9. The third kappa shape index (κ3) is 6.08. The largest absolute Gasteiger partial charge is 0.497 e. The van der Waals surface area contributed by atoms with Gasteiger partial charge in [-0.15, -0.1) is 10.2 Å². The molecule has 1 aromatic heterocycles. The first-order chi connectivity index (χ1) is 15.0. The van der Waals surface area contributed by atoms with Gasteiger partial charge in [-0.2, -0.15) is 0 Å². The lowest BCUT2D eigenvalue weighted by molar-refractivity contribution is -0.116. The lowest BCUT2D eigenvalue weighted by Crippen LogP contribution is -2.14. The summed E-state index contributed by atoms with van der Waals surface area (Å²) < 4.78 is 7.04. The van der Waals surface area contributed by atoms with Crippen LogP contribution in [0.1, 0.15) is 29.5 Å². The van der Waals surface area contributed by atoms with Crippen molar-refractivity contribution in [2.75, 3.05) is 18.2 Å². The highest BCUT2D eigenvalue weighted by molar-refractivity contribution is 7.99. The Morgan fingerprint density at radius 3 is 2.55 bits per heavy atom. The number of anilines is 1. The van der Waals surface area contributed by atoms with Crippen molar-refractivity contribution in [2.24, 2.45) is 0 Å². The number of hydrogen-bond donors (Lipinski definition) is 1. The first-order valence-corrected chi connectivity index (χ1v) is 11.1. The van der Waals surface area contributed by atoms with E-state index in [2.05, 4.69) is 15.5 Å². The van der Waals surface area contributed by atoms with Gasteiger partial charge in [-0.25, -0.2) is 0 Å². The standard InChI is InChI=1S/C22H23ClN4O3S/c1-3-27-20(12-13-21(29)24-18-7-5-4-6-17(18)23)25-26-22(27)31-14-19(28)15-8-10-16(30-2)11-9-15/h4-11H,3,12-14H2,1-2H3,(H,24,29). The molecule has 7 nitrogen and oxygen atoms in total. The van der Waals surface area contributed by atoms with E-state index < -0.39 is 0 Å². The molecule has 0 saturated carbocycles. The Kier molecular flexibility index (Phi) is 8.08. The molecule has 1 amide bonds. The second kappa shape index (κ2) is 11.0. The van der Waals surface area contributed by atoms with E-state index in [1.54, 1.807) is 49.6 Å². The van der Waals surface area contributed by atoms with E-state index in [9.17, 15) is 9.59 Å². The smallest absolute Gasteiger partial charge is 0.224 e. The van der Waals surface area contributed by atoms with Crippen molar-refractivity contribution in [3.63, 3.8) is 0 Å². The lowest BCUT2D eigenvalue weighted by atomic mass is 10.1. The molecule has 0 unspecified atom stereocenters. The van der Waals surface area contributed by atoms with Crippen LogP contribution in [-0.2, 0) is 17.8 Å². The highest BCUT2D eigenvalue weighted by Gasteiger charge is 2.15. The summed E-state index contributed by atoms with van der Waals surface area (Å²) in [4.78, 5) is 24.7. The van der Waals surface area contributed by atoms with Gasteiger partial charge in [0.15, 0.2) is 10.9 Å². The van der Waals surface area contributed by atoms with Crippen LogP contribution in [-0.4, -0.2) is 39.3 Å². The molecular formula is C22H23ClN4O3S. The van der Waals surface area contributed by atoms with E-state index in [4.69, 9.17) is 16.3 Å². The van der Waals surface area contributed by atoms with E-state index in [0.717, 1.165) is 0 Å². The van der Waals surface area contributed by atoms with Gasteiger partial charge in [-0.3, -0.25) is 9.59 Å². The van der Waals surface area contributed by atoms with E-state index in [1.165, 1.54) is 11.8 Å². The molecule has 3 aromatic rings. The number of ether oxygens (including phenoxy) is 1. The van der Waals surface area contributed by atoms with Crippen molar-refractivity contribution in [1.29, 1.82) is 0 Å². The normalized spacial score (nSPS) is 10.7. The van der Waals surface area contributed by atoms with Crippen LogP contribution in [0.4, 0.5) is 5.69 Å². The predicted molar refractivity (Wildman–Crippen MR) is 122 cm³/mol. The fourth-order valence-electron chi connectivity index (χ4n) is 2.92. The van der Waals surface area contributed by atoms with E-state index in [0.29, 0.717) is 46.0 Å². The second-order valence-corrected chi connectivity index (χ2v) is 7.96. The minimum atomic E-state index is -0.150. The molecule has 0 aliphatic heterocycles. The van der Waals surface area contributed by atoms with Crippen LogP contribution in [0.5, 0.6) is 5.75 Å². The number of methoxy groups -OCH3 is 1. The van der Waals surface area contributed by atoms with Crippen LogP contribution in [0.3, 0.4) is 0 Å². The number of hydrogen-bond acceptors (Lipinski definition) is 6. The van der Waals surface area contributed by atoms with Gasteiger partial charge in [0.1, 0.15) is 11.6 Å². The number of nitrogens with zero attached hydrogens (tertiary/aromatic N) is 3. The number of amides is 1. The van der Waals surface area contributed by atoms with Crippen molar-refractivity contribution in [2.45, 2.75) is 31.5 Å². The topological polar surface area (TPSA) is 86.1 Å². The Morgan fingerprint density at radius 2 is 1.87 bits per heavy atom. The SMILES string of the molecule is CCn1c(CCC(=O)Nc2ccccc2Cl)nnc1SCC(=O)c1ccc(OC)cc1. The maximum Gasteiger partial charge on any atom is 0.224 e. The zero-order valence-electron chi connectivity index (χ0n) is 17.3. The molecule has 1 heterocycles. The molecule has 3 rings (SSSR count). The number of rotatable bonds is 10. The van der Waals surface area contributed by atoms with Crippen molar-refractivity contribution in [1.82, 2.24) is 14.8 Å². The Balaban J connectivity index is 1.56. The molecule has 0 bridgehead atoms. The van der Waals surface area contributed by atoms with Crippen molar-refractivity contribution < 1.29 is 14.3 Å². The average molecular weight is 459 g/mol. The maximum absolute atomic E-state index is 12.5. The zero-order chi connectivity index (χ0) is 22.2. The van der Waals surface area contributed by atoms with Gasteiger partial charge < -0.3 is 14.6 Å². The highest BCUT2D eigenvalue weighted by Crippen LogP contribution is 2.22. The van der Waals surface area contributed by atoms with Crippen LogP contribution < -0.4 is 10.1 Å². The number of thioether (sulfide) groups is 1. The lowest BCUT2D eigenvalue weighted by Gasteiger charge is -2.08. The number of halogens is 1. The van der Waals surface area contributed by atoms with Gasteiger partial charge in [0, 0.05) is 24.9 Å². The van der Waals surface area contributed by atoms with Gasteiger partial charge >= 0.3 is 0 Å². The number of Topliss-reactive ketones (excluding diaryl/α,β-unsaturated/α-hetero) is 1. The Morgan fingerprint density at radius 1 is 1.13 bits per heavy atom. The number of ketones is 1. The van der Waals surface area contributed by atoms with Gasteiger partial charge in [0.2, 0.25) is 5.91 Å². The van der Waals surface area contributed by atoms with E-state index in [1.807, 2.05) is 17.6 Å². The summed E-state index contributed by atoms with van der Waals surface area (Å²) in [6, 6.07) is 14.1. The molecule has 0 atom stereocenters. The van der Waals surface area contributed by atoms with Gasteiger partial charge in [-0.1, -0.05) is 35.5 Å². The molecule has 0 spiro atoms. The molecule has 162 valence electrons. The number of para-hydroxylation sites is 1. The Labute approximate surface area is 190 Å². The van der Waals surface area contributed by atoms with Crippen LogP contribution >= 0.6 is 23.4 Å². The number of carbonyl (C=O) groups is 2. The first-order valence-electron chi connectivity index (χ1n) is 9.78. The molecule has 0 aliphatic carbocycles. The molecule has 2 aromatic carbocycles. The summed E-state index contributed by atoms with van der Waals surface area (Å²) in [6.45, 7) is 2.62. The molecule has 1 N–H and O–H groups in total.